The second-order valence-corrected chi connectivity index (χ2v) is 4.11. The topological polar surface area (TPSA) is 38.9 Å². The highest BCUT2D eigenvalue weighted by Crippen LogP contribution is 2.20. The lowest BCUT2D eigenvalue weighted by molar-refractivity contribution is 0.860. The van der Waals surface area contributed by atoms with Crippen molar-refractivity contribution in [3.8, 4) is 0 Å². The number of aromatic nitrogens is 1. The minimum Gasteiger partial charge on any atom is -0.320 e. The largest absolute Gasteiger partial charge is 0.320 e. The third-order valence-corrected chi connectivity index (χ3v) is 2.93. The summed E-state index contributed by atoms with van der Waals surface area (Å²) in [6.45, 7) is 4.21. The van der Waals surface area contributed by atoms with E-state index in [1.54, 1.807) is 6.20 Å². The Morgan fingerprint density at radius 3 is 2.50 bits per heavy atom. The van der Waals surface area contributed by atoms with E-state index in [4.69, 9.17) is 5.73 Å². The summed E-state index contributed by atoms with van der Waals surface area (Å²) in [4.78, 5) is 4.09. The van der Waals surface area contributed by atoms with Crippen molar-refractivity contribution in [3.05, 3.63) is 65.0 Å². The molecule has 0 amide bonds. The summed E-state index contributed by atoms with van der Waals surface area (Å²) in [5.74, 6) is 0. The van der Waals surface area contributed by atoms with Crippen molar-refractivity contribution < 1.29 is 0 Å². The molecule has 0 aliphatic heterocycles. The third-order valence-electron chi connectivity index (χ3n) is 2.93. The number of nitrogens with zero attached hydrogens (tertiary/aromatic N) is 1. The van der Waals surface area contributed by atoms with Crippen LogP contribution in [0.1, 0.15) is 28.3 Å². The molecule has 0 saturated heterocycles. The van der Waals surface area contributed by atoms with Crippen LogP contribution in [-0.2, 0) is 0 Å². The monoisotopic (exact) mass is 212 g/mol. The quantitative estimate of drug-likeness (QED) is 0.831. The van der Waals surface area contributed by atoms with Crippen LogP contribution in [0.25, 0.3) is 0 Å². The lowest BCUT2D eigenvalue weighted by atomic mass is 9.97. The summed E-state index contributed by atoms with van der Waals surface area (Å²) in [5.41, 5.74) is 10.9. The van der Waals surface area contributed by atoms with E-state index in [9.17, 15) is 0 Å². The van der Waals surface area contributed by atoms with Crippen molar-refractivity contribution >= 4 is 0 Å². The zero-order chi connectivity index (χ0) is 11.5. The zero-order valence-corrected chi connectivity index (χ0v) is 9.64. The van der Waals surface area contributed by atoms with Gasteiger partial charge >= 0.3 is 0 Å². The molecule has 0 aliphatic carbocycles. The maximum absolute atomic E-state index is 6.20. The highest BCUT2D eigenvalue weighted by molar-refractivity contribution is 5.35. The molecule has 16 heavy (non-hydrogen) atoms. The molecule has 1 unspecified atom stereocenters. The minimum atomic E-state index is -0.0898. The van der Waals surface area contributed by atoms with Crippen LogP contribution in [0, 0.1) is 13.8 Å². The van der Waals surface area contributed by atoms with E-state index in [1.165, 1.54) is 11.1 Å². The Morgan fingerprint density at radius 2 is 1.88 bits per heavy atom. The number of hydrogen-bond donors (Lipinski definition) is 1. The fourth-order valence-corrected chi connectivity index (χ4v) is 1.71. The highest BCUT2D eigenvalue weighted by atomic mass is 14.7. The zero-order valence-electron chi connectivity index (χ0n) is 9.64. The van der Waals surface area contributed by atoms with Gasteiger partial charge in [-0.2, -0.15) is 0 Å². The first-order valence-corrected chi connectivity index (χ1v) is 5.41. The predicted octanol–water partition coefficient (Wildman–Crippen LogP) is 2.75. The van der Waals surface area contributed by atoms with Gasteiger partial charge < -0.3 is 5.73 Å². The van der Waals surface area contributed by atoms with Gasteiger partial charge in [-0.1, -0.05) is 24.3 Å². The van der Waals surface area contributed by atoms with Gasteiger partial charge in [-0.3, -0.25) is 4.98 Å². The fraction of sp³-hybridized carbons (Fsp3) is 0.214. The number of aryl methyl sites for hydroxylation is 2. The summed E-state index contributed by atoms with van der Waals surface area (Å²) >= 11 is 0. The van der Waals surface area contributed by atoms with Gasteiger partial charge in [0.1, 0.15) is 0 Å². The van der Waals surface area contributed by atoms with Crippen molar-refractivity contribution in [1.29, 1.82) is 0 Å². The van der Waals surface area contributed by atoms with E-state index in [2.05, 4.69) is 37.0 Å². The molecule has 1 heterocycles. The minimum absolute atomic E-state index is 0.0898. The average molecular weight is 212 g/mol. The van der Waals surface area contributed by atoms with E-state index in [-0.39, 0.29) is 6.04 Å². The molecule has 0 bridgehead atoms. The van der Waals surface area contributed by atoms with Crippen LogP contribution in [-0.4, -0.2) is 4.98 Å². The Morgan fingerprint density at radius 1 is 1.06 bits per heavy atom. The van der Waals surface area contributed by atoms with E-state index in [1.807, 2.05) is 18.3 Å². The Labute approximate surface area is 96.1 Å². The van der Waals surface area contributed by atoms with Crippen molar-refractivity contribution in [3.63, 3.8) is 0 Å². The Bertz CT molecular complexity index is 477. The van der Waals surface area contributed by atoms with Gasteiger partial charge in [0.05, 0.1) is 6.04 Å². The van der Waals surface area contributed by atoms with Crippen molar-refractivity contribution in [2.45, 2.75) is 19.9 Å². The van der Waals surface area contributed by atoms with Gasteiger partial charge in [0, 0.05) is 12.4 Å². The molecule has 82 valence electrons. The first-order valence-electron chi connectivity index (χ1n) is 5.41. The molecule has 0 spiro atoms. The number of benzene rings is 1. The van der Waals surface area contributed by atoms with Crippen molar-refractivity contribution in [1.82, 2.24) is 4.98 Å². The average Bonchev–Trinajstić information content (AvgIpc) is 2.33. The smallest absolute Gasteiger partial charge is 0.0567 e. The summed E-state index contributed by atoms with van der Waals surface area (Å²) in [7, 11) is 0. The number of pyridine rings is 1. The van der Waals surface area contributed by atoms with Crippen LogP contribution in [0.5, 0.6) is 0 Å². The highest BCUT2D eigenvalue weighted by Gasteiger charge is 2.09. The molecule has 0 radical (unpaired) electrons. The van der Waals surface area contributed by atoms with E-state index >= 15 is 0 Å². The Balaban J connectivity index is 2.34. The third kappa shape index (κ3) is 2.12. The molecule has 0 fully saturated rings. The molecule has 0 saturated carbocycles. The van der Waals surface area contributed by atoms with E-state index < -0.39 is 0 Å². The molecule has 1 aromatic heterocycles. The Hall–Kier alpha value is -1.67. The van der Waals surface area contributed by atoms with Crippen LogP contribution >= 0.6 is 0 Å². The van der Waals surface area contributed by atoms with Gasteiger partial charge in [0.15, 0.2) is 0 Å². The van der Waals surface area contributed by atoms with Gasteiger partial charge in [-0.05, 0) is 42.2 Å². The van der Waals surface area contributed by atoms with Crippen LogP contribution in [0.3, 0.4) is 0 Å². The van der Waals surface area contributed by atoms with Gasteiger partial charge in [-0.25, -0.2) is 0 Å². The molecule has 2 aromatic rings. The second-order valence-electron chi connectivity index (χ2n) is 4.11. The predicted molar refractivity (Wildman–Crippen MR) is 66.2 cm³/mol. The van der Waals surface area contributed by atoms with E-state index in [0.717, 1.165) is 11.1 Å². The van der Waals surface area contributed by atoms with Crippen molar-refractivity contribution in [2.75, 3.05) is 0 Å². The van der Waals surface area contributed by atoms with Crippen LogP contribution in [0.2, 0.25) is 0 Å². The van der Waals surface area contributed by atoms with Crippen LogP contribution in [0.15, 0.2) is 42.7 Å². The molecule has 2 rings (SSSR count). The molecular formula is C14H16N2. The van der Waals surface area contributed by atoms with Gasteiger partial charge in [0.25, 0.3) is 0 Å². The number of hydrogen-bond acceptors (Lipinski definition) is 2. The number of nitrogens with two attached hydrogens (primary N) is 1. The van der Waals surface area contributed by atoms with Crippen molar-refractivity contribution in [2.24, 2.45) is 5.73 Å². The Kier molecular flexibility index (Phi) is 3.02. The fourth-order valence-electron chi connectivity index (χ4n) is 1.71. The maximum Gasteiger partial charge on any atom is 0.0567 e. The first-order chi connectivity index (χ1) is 7.68. The van der Waals surface area contributed by atoms with Gasteiger partial charge in [0.2, 0.25) is 0 Å². The molecule has 0 aliphatic rings. The molecular weight excluding hydrogens is 196 g/mol. The SMILES string of the molecule is Cc1ccc(C(N)c2cccnc2)cc1C. The van der Waals surface area contributed by atoms with Crippen LogP contribution in [0.4, 0.5) is 0 Å². The van der Waals surface area contributed by atoms with E-state index in [0.29, 0.717) is 0 Å². The first kappa shape index (κ1) is 10.8. The molecule has 2 nitrogen and oxygen atoms in total. The molecule has 2 N–H and O–H groups in total. The normalized spacial score (nSPS) is 12.4. The standard InChI is InChI=1S/C14H16N2/c1-10-5-6-12(8-11(10)2)14(15)13-4-3-7-16-9-13/h3-9,14H,15H2,1-2H3. The molecule has 1 atom stereocenters. The van der Waals surface area contributed by atoms with Gasteiger partial charge in [-0.15, -0.1) is 0 Å². The lowest BCUT2D eigenvalue weighted by Gasteiger charge is -2.13. The summed E-state index contributed by atoms with van der Waals surface area (Å²) < 4.78 is 0. The lowest BCUT2D eigenvalue weighted by Crippen LogP contribution is -2.12. The summed E-state index contributed by atoms with van der Waals surface area (Å²) in [6.07, 6.45) is 3.58. The summed E-state index contributed by atoms with van der Waals surface area (Å²) in [5, 5.41) is 0. The maximum atomic E-state index is 6.20. The summed E-state index contributed by atoms with van der Waals surface area (Å²) in [6, 6.07) is 10.2. The molecule has 2 heteroatoms. The number of rotatable bonds is 2. The second kappa shape index (κ2) is 4.45. The van der Waals surface area contributed by atoms with Crippen LogP contribution < -0.4 is 5.73 Å². The molecule has 1 aromatic carbocycles.